The van der Waals surface area contributed by atoms with Gasteiger partial charge in [-0.15, -0.1) is 0 Å². The Morgan fingerprint density at radius 1 is 0.333 bits per heavy atom. The van der Waals surface area contributed by atoms with Gasteiger partial charge in [0.1, 0.15) is 0 Å². The van der Waals surface area contributed by atoms with E-state index in [-0.39, 0.29) is 10.8 Å². The molecule has 6 aromatic rings. The molecule has 0 fully saturated rings. The van der Waals surface area contributed by atoms with Crippen LogP contribution in [0.3, 0.4) is 0 Å². The number of rotatable bonds is 22. The highest BCUT2D eigenvalue weighted by Crippen LogP contribution is 2.57. The zero-order chi connectivity index (χ0) is 41.4. The maximum absolute atomic E-state index is 5.56. The largest absolute Gasteiger partial charge is 0.244 e. The summed E-state index contributed by atoms with van der Waals surface area (Å²) in [5, 5.41) is 0. The number of hydrogen-bond donors (Lipinski definition) is 0. The monoisotopic (exact) mass is 795 g/mol. The van der Waals surface area contributed by atoms with Crippen LogP contribution in [0.4, 0.5) is 0 Å². The lowest BCUT2D eigenvalue weighted by Gasteiger charge is -2.33. The number of fused-ring (bicyclic) bond motifs is 7. The number of nitrogens with zero attached hydrogens (tertiary/aromatic N) is 2. The minimum absolute atomic E-state index is 0.0162. The lowest BCUT2D eigenvalue weighted by molar-refractivity contribution is 0.401. The van der Waals surface area contributed by atoms with Gasteiger partial charge in [0.2, 0.25) is 0 Å². The van der Waals surface area contributed by atoms with Crippen LogP contribution in [0, 0.1) is 0 Å². The highest BCUT2D eigenvalue weighted by Gasteiger charge is 2.44. The standard InChI is InChI=1S/C58H70N2/c1-5-9-13-23-37-57(38-24-14-10-6-2)49-29-19-17-27-45(49)47-35-33-43(41-51(47)57)55-56(60-54-32-22-21-31-53(54)59-55)44-34-36-48-46-28-18-20-30-50(46)58(52(48)42-44,39-25-15-11-7-3)40-26-16-12-8-4/h17-22,27-36,41-42H,5-16,23-26,37-40H2,1-4H3. The molecule has 2 aliphatic carbocycles. The van der Waals surface area contributed by atoms with Crippen LogP contribution in [0.25, 0.3) is 55.8 Å². The van der Waals surface area contributed by atoms with Gasteiger partial charge in [0.15, 0.2) is 0 Å². The quantitative estimate of drug-likeness (QED) is 0.0640. The molecule has 0 bridgehead atoms. The molecule has 312 valence electrons. The molecule has 0 N–H and O–H groups in total. The van der Waals surface area contributed by atoms with Crippen molar-refractivity contribution in [2.24, 2.45) is 0 Å². The van der Waals surface area contributed by atoms with E-state index in [2.05, 4.69) is 137 Å². The van der Waals surface area contributed by atoms with Crippen LogP contribution in [-0.4, -0.2) is 9.97 Å². The molecule has 0 atom stereocenters. The minimum atomic E-state index is 0.0162. The fourth-order valence-corrected chi connectivity index (χ4v) is 11.3. The second-order valence-electron chi connectivity index (χ2n) is 18.4. The van der Waals surface area contributed by atoms with E-state index in [0.717, 1.165) is 22.4 Å². The summed E-state index contributed by atoms with van der Waals surface area (Å²) in [5.74, 6) is 0. The maximum atomic E-state index is 5.56. The van der Waals surface area contributed by atoms with Gasteiger partial charge in [0.05, 0.1) is 22.4 Å². The Hall–Kier alpha value is -4.56. The van der Waals surface area contributed by atoms with Gasteiger partial charge in [0, 0.05) is 22.0 Å². The maximum Gasteiger partial charge on any atom is 0.0973 e. The van der Waals surface area contributed by atoms with E-state index in [4.69, 9.17) is 9.97 Å². The molecule has 2 heteroatoms. The molecule has 5 aromatic carbocycles. The second-order valence-corrected chi connectivity index (χ2v) is 18.4. The van der Waals surface area contributed by atoms with Gasteiger partial charge < -0.3 is 0 Å². The van der Waals surface area contributed by atoms with Gasteiger partial charge in [0.25, 0.3) is 0 Å². The average Bonchev–Trinajstić information content (AvgIpc) is 3.72. The lowest BCUT2D eigenvalue weighted by atomic mass is 9.70. The van der Waals surface area contributed by atoms with Crippen LogP contribution in [0.1, 0.15) is 178 Å². The van der Waals surface area contributed by atoms with Gasteiger partial charge in [-0.3, -0.25) is 0 Å². The van der Waals surface area contributed by atoms with E-state index in [1.165, 1.54) is 173 Å². The van der Waals surface area contributed by atoms with Crippen LogP contribution >= 0.6 is 0 Å². The van der Waals surface area contributed by atoms with Crippen molar-refractivity contribution in [3.63, 3.8) is 0 Å². The normalized spacial score (nSPS) is 14.3. The molecule has 1 aromatic heterocycles. The summed E-state index contributed by atoms with van der Waals surface area (Å²) < 4.78 is 0. The van der Waals surface area contributed by atoms with Crippen molar-refractivity contribution >= 4 is 11.0 Å². The first-order valence-electron chi connectivity index (χ1n) is 24.3. The third-order valence-corrected chi connectivity index (χ3v) is 14.5. The Morgan fingerprint density at radius 2 is 0.667 bits per heavy atom. The summed E-state index contributed by atoms with van der Waals surface area (Å²) in [7, 11) is 0. The van der Waals surface area contributed by atoms with Crippen molar-refractivity contribution in [1.82, 2.24) is 9.97 Å². The topological polar surface area (TPSA) is 25.8 Å². The van der Waals surface area contributed by atoms with Crippen LogP contribution < -0.4 is 0 Å². The van der Waals surface area contributed by atoms with Crippen LogP contribution in [0.15, 0.2) is 109 Å². The molecule has 0 saturated carbocycles. The third-order valence-electron chi connectivity index (χ3n) is 14.5. The van der Waals surface area contributed by atoms with Crippen LogP contribution in [0.2, 0.25) is 0 Å². The fourth-order valence-electron chi connectivity index (χ4n) is 11.3. The van der Waals surface area contributed by atoms with Gasteiger partial charge in [-0.2, -0.15) is 0 Å². The summed E-state index contributed by atoms with van der Waals surface area (Å²) >= 11 is 0. The predicted octanol–water partition coefficient (Wildman–Crippen LogP) is 17.4. The average molecular weight is 795 g/mol. The molecule has 0 amide bonds. The molecule has 0 aliphatic heterocycles. The van der Waals surface area contributed by atoms with Crippen molar-refractivity contribution in [3.8, 4) is 44.8 Å². The molecule has 1 heterocycles. The van der Waals surface area contributed by atoms with Crippen molar-refractivity contribution in [2.45, 2.75) is 167 Å². The van der Waals surface area contributed by atoms with Crippen LogP contribution in [-0.2, 0) is 10.8 Å². The van der Waals surface area contributed by atoms with E-state index in [9.17, 15) is 0 Å². The summed E-state index contributed by atoms with van der Waals surface area (Å²) in [6.45, 7) is 9.32. The highest BCUT2D eigenvalue weighted by atomic mass is 14.8. The molecule has 0 radical (unpaired) electrons. The number of para-hydroxylation sites is 2. The number of unbranched alkanes of at least 4 members (excludes halogenated alkanes) is 12. The van der Waals surface area contributed by atoms with Crippen molar-refractivity contribution < 1.29 is 0 Å². The summed E-state index contributed by atoms with van der Waals surface area (Å²) in [6.07, 6.45) is 25.3. The van der Waals surface area contributed by atoms with E-state index in [1.807, 2.05) is 0 Å². The molecule has 0 unspecified atom stereocenters. The Bertz CT molecular complexity index is 2180. The van der Waals surface area contributed by atoms with Crippen LogP contribution in [0.5, 0.6) is 0 Å². The molecule has 2 aliphatic rings. The summed E-state index contributed by atoms with van der Waals surface area (Å²) in [5.41, 5.74) is 18.2. The summed E-state index contributed by atoms with van der Waals surface area (Å²) in [6, 6.07) is 41.9. The Balaban J connectivity index is 1.28. The first-order valence-corrected chi connectivity index (χ1v) is 24.3. The van der Waals surface area contributed by atoms with Gasteiger partial charge >= 0.3 is 0 Å². The Morgan fingerprint density at radius 3 is 1.03 bits per heavy atom. The first-order chi connectivity index (χ1) is 29.6. The van der Waals surface area contributed by atoms with E-state index >= 15 is 0 Å². The second kappa shape index (κ2) is 19.4. The van der Waals surface area contributed by atoms with Gasteiger partial charge in [-0.05, 0) is 94.5 Å². The van der Waals surface area contributed by atoms with Gasteiger partial charge in [-0.1, -0.05) is 215 Å². The molecular formula is C58H70N2. The van der Waals surface area contributed by atoms with E-state index < -0.39 is 0 Å². The first kappa shape index (κ1) is 42.1. The minimum Gasteiger partial charge on any atom is -0.244 e. The number of benzene rings is 5. The van der Waals surface area contributed by atoms with E-state index in [0.29, 0.717) is 0 Å². The lowest BCUT2D eigenvalue weighted by Crippen LogP contribution is -2.25. The van der Waals surface area contributed by atoms with Gasteiger partial charge in [-0.25, -0.2) is 9.97 Å². The Labute approximate surface area is 362 Å². The Kier molecular flexibility index (Phi) is 13.7. The molecule has 8 rings (SSSR count). The molecule has 2 nitrogen and oxygen atoms in total. The van der Waals surface area contributed by atoms with Crippen molar-refractivity contribution in [2.75, 3.05) is 0 Å². The molecular weight excluding hydrogens is 725 g/mol. The number of hydrogen-bond acceptors (Lipinski definition) is 2. The molecule has 60 heavy (non-hydrogen) atoms. The predicted molar refractivity (Wildman–Crippen MR) is 258 cm³/mol. The zero-order valence-corrected chi connectivity index (χ0v) is 37.4. The SMILES string of the molecule is CCCCCCC1(CCCCCC)c2ccccc2-c2ccc(-c3nc4ccccc4nc3-c3ccc4c(c3)C(CCCCCC)(CCCCCC)c3ccccc3-4)cc21. The molecule has 0 saturated heterocycles. The smallest absolute Gasteiger partial charge is 0.0973 e. The zero-order valence-electron chi connectivity index (χ0n) is 37.4. The number of aromatic nitrogens is 2. The van der Waals surface area contributed by atoms with Crippen molar-refractivity contribution in [1.29, 1.82) is 0 Å². The fraction of sp³-hybridized carbons (Fsp3) is 0.448. The summed E-state index contributed by atoms with van der Waals surface area (Å²) in [4.78, 5) is 11.1. The highest BCUT2D eigenvalue weighted by molar-refractivity contribution is 5.91. The van der Waals surface area contributed by atoms with Crippen molar-refractivity contribution in [3.05, 3.63) is 131 Å². The molecule has 0 spiro atoms. The van der Waals surface area contributed by atoms with E-state index in [1.54, 1.807) is 11.1 Å². The third kappa shape index (κ3) is 8.13.